The second kappa shape index (κ2) is 7.04. The number of nitrogens with one attached hydrogen (secondary N) is 1. The average molecular weight is 414 g/mol. The van der Waals surface area contributed by atoms with E-state index >= 15 is 0 Å². The van der Waals surface area contributed by atoms with Crippen molar-refractivity contribution in [1.82, 2.24) is 10.3 Å². The summed E-state index contributed by atoms with van der Waals surface area (Å²) in [6.45, 7) is 1.93. The van der Waals surface area contributed by atoms with Gasteiger partial charge in [-0.1, -0.05) is 6.07 Å². The van der Waals surface area contributed by atoms with Gasteiger partial charge in [-0.25, -0.2) is 0 Å². The van der Waals surface area contributed by atoms with Gasteiger partial charge in [0.25, 0.3) is 5.91 Å². The molecule has 1 aromatic heterocycles. The molecular weight excluding hydrogens is 400 g/mol. The average Bonchev–Trinajstić information content (AvgIpc) is 2.47. The molecule has 1 amide bonds. The van der Waals surface area contributed by atoms with Crippen molar-refractivity contribution < 1.29 is 9.53 Å². The Bertz CT molecular complexity index is 662. The summed E-state index contributed by atoms with van der Waals surface area (Å²) in [4.78, 5) is 16.2. The van der Waals surface area contributed by atoms with Gasteiger partial charge in [0.2, 0.25) is 0 Å². The van der Waals surface area contributed by atoms with Crippen LogP contribution < -0.4 is 10.1 Å². The zero-order chi connectivity index (χ0) is 15.4. The predicted molar refractivity (Wildman–Crippen MR) is 88.5 cm³/mol. The van der Waals surface area contributed by atoms with E-state index in [4.69, 9.17) is 4.74 Å². The fourth-order valence-electron chi connectivity index (χ4n) is 1.85. The Hall–Kier alpha value is -1.40. The molecule has 2 rings (SSSR count). The topological polar surface area (TPSA) is 51.2 Å². The molecule has 6 heteroatoms. The van der Waals surface area contributed by atoms with E-state index in [1.54, 1.807) is 19.4 Å². The number of hydrogen-bond acceptors (Lipinski definition) is 3. The van der Waals surface area contributed by atoms with Crippen LogP contribution in [-0.2, 0) is 0 Å². The number of methoxy groups -OCH3 is 1. The first-order chi connectivity index (χ1) is 10.0. The number of aromatic nitrogens is 1. The summed E-state index contributed by atoms with van der Waals surface area (Å²) in [6.07, 6.45) is 3.18. The van der Waals surface area contributed by atoms with Crippen molar-refractivity contribution in [2.75, 3.05) is 7.11 Å². The van der Waals surface area contributed by atoms with Crippen LogP contribution in [0.15, 0.2) is 45.6 Å². The van der Waals surface area contributed by atoms with Gasteiger partial charge >= 0.3 is 0 Å². The highest BCUT2D eigenvalue weighted by Crippen LogP contribution is 2.28. The van der Waals surface area contributed by atoms with Crippen LogP contribution in [0.5, 0.6) is 5.75 Å². The van der Waals surface area contributed by atoms with Gasteiger partial charge < -0.3 is 10.1 Å². The second-order valence-electron chi connectivity index (χ2n) is 4.48. The molecule has 0 bridgehead atoms. The monoisotopic (exact) mass is 412 g/mol. The number of carbonyl (C=O) groups excluding carboxylic acids is 1. The Kier molecular flexibility index (Phi) is 5.36. The molecule has 21 heavy (non-hydrogen) atoms. The molecule has 0 spiro atoms. The maximum absolute atomic E-state index is 12.2. The van der Waals surface area contributed by atoms with Crippen LogP contribution in [0.4, 0.5) is 0 Å². The van der Waals surface area contributed by atoms with Crippen LogP contribution in [0.2, 0.25) is 0 Å². The molecular formula is C15H14Br2N2O2. The SMILES string of the molecule is COc1ccc([C@H](C)NC(=O)c2cncc(Br)c2)cc1Br. The summed E-state index contributed by atoms with van der Waals surface area (Å²) in [5.41, 5.74) is 1.50. The van der Waals surface area contributed by atoms with E-state index in [0.29, 0.717) is 5.56 Å². The maximum Gasteiger partial charge on any atom is 0.253 e. The lowest BCUT2D eigenvalue weighted by atomic mass is 10.1. The molecule has 1 aromatic carbocycles. The van der Waals surface area contributed by atoms with E-state index in [1.165, 1.54) is 6.20 Å². The highest BCUT2D eigenvalue weighted by Gasteiger charge is 2.13. The highest BCUT2D eigenvalue weighted by atomic mass is 79.9. The van der Waals surface area contributed by atoms with Crippen LogP contribution >= 0.6 is 31.9 Å². The van der Waals surface area contributed by atoms with Gasteiger partial charge in [-0.05, 0) is 62.5 Å². The molecule has 0 aliphatic heterocycles. The third-order valence-electron chi connectivity index (χ3n) is 2.99. The first-order valence-electron chi connectivity index (χ1n) is 6.26. The van der Waals surface area contributed by atoms with Crippen molar-refractivity contribution >= 4 is 37.8 Å². The normalized spacial score (nSPS) is 11.8. The maximum atomic E-state index is 12.2. The van der Waals surface area contributed by atoms with E-state index in [0.717, 1.165) is 20.3 Å². The van der Waals surface area contributed by atoms with Crippen molar-refractivity contribution in [3.63, 3.8) is 0 Å². The minimum absolute atomic E-state index is 0.126. The van der Waals surface area contributed by atoms with Gasteiger partial charge in [0.1, 0.15) is 5.75 Å². The zero-order valence-corrected chi connectivity index (χ0v) is 14.7. The fourth-order valence-corrected chi connectivity index (χ4v) is 2.77. The van der Waals surface area contributed by atoms with Gasteiger partial charge in [-0.15, -0.1) is 0 Å². The summed E-state index contributed by atoms with van der Waals surface area (Å²) in [5.74, 6) is 0.594. The molecule has 2 aromatic rings. The molecule has 0 aliphatic rings. The molecule has 4 nitrogen and oxygen atoms in total. The molecule has 1 heterocycles. The quantitative estimate of drug-likeness (QED) is 0.820. The molecule has 0 saturated carbocycles. The van der Waals surface area contributed by atoms with E-state index in [2.05, 4.69) is 42.2 Å². The smallest absolute Gasteiger partial charge is 0.253 e. The van der Waals surface area contributed by atoms with Gasteiger partial charge in [0, 0.05) is 16.9 Å². The van der Waals surface area contributed by atoms with E-state index < -0.39 is 0 Å². The number of carbonyl (C=O) groups is 1. The molecule has 0 saturated heterocycles. The van der Waals surface area contributed by atoms with E-state index in [-0.39, 0.29) is 11.9 Å². The molecule has 110 valence electrons. The van der Waals surface area contributed by atoms with Crippen molar-refractivity contribution in [3.05, 3.63) is 56.7 Å². The Morgan fingerprint density at radius 1 is 1.29 bits per heavy atom. The van der Waals surface area contributed by atoms with Crippen LogP contribution in [0.25, 0.3) is 0 Å². The fraction of sp³-hybridized carbons (Fsp3) is 0.200. The standard InChI is InChI=1S/C15H14Br2N2O2/c1-9(10-3-4-14(21-2)13(17)6-10)19-15(20)11-5-12(16)8-18-7-11/h3-9H,1-2H3,(H,19,20)/t9-/m0/s1. The number of amides is 1. The molecule has 1 N–H and O–H groups in total. The largest absolute Gasteiger partial charge is 0.496 e. The number of ether oxygens (including phenoxy) is 1. The first-order valence-corrected chi connectivity index (χ1v) is 7.84. The number of benzene rings is 1. The van der Waals surface area contributed by atoms with Gasteiger partial charge in [-0.2, -0.15) is 0 Å². The third-order valence-corrected chi connectivity index (χ3v) is 4.04. The summed E-state index contributed by atoms with van der Waals surface area (Å²) < 4.78 is 6.82. The van der Waals surface area contributed by atoms with Gasteiger partial charge in [0.05, 0.1) is 23.2 Å². The number of rotatable bonds is 4. The lowest BCUT2D eigenvalue weighted by Crippen LogP contribution is -2.26. The summed E-state index contributed by atoms with van der Waals surface area (Å²) in [5, 5.41) is 2.94. The van der Waals surface area contributed by atoms with Crippen LogP contribution in [0, 0.1) is 0 Å². The van der Waals surface area contributed by atoms with Crippen molar-refractivity contribution in [3.8, 4) is 5.75 Å². The zero-order valence-electron chi connectivity index (χ0n) is 11.6. The number of pyridine rings is 1. The van der Waals surface area contributed by atoms with Crippen LogP contribution in [0.3, 0.4) is 0 Å². The molecule has 0 radical (unpaired) electrons. The first kappa shape index (κ1) is 16.0. The van der Waals surface area contributed by atoms with Crippen LogP contribution in [0.1, 0.15) is 28.9 Å². The molecule has 1 atom stereocenters. The lowest BCUT2D eigenvalue weighted by Gasteiger charge is -2.15. The summed E-state index contributed by atoms with van der Waals surface area (Å²) in [7, 11) is 1.62. The Morgan fingerprint density at radius 2 is 2.05 bits per heavy atom. The Labute approximate surface area is 140 Å². The van der Waals surface area contributed by atoms with Crippen molar-refractivity contribution in [2.45, 2.75) is 13.0 Å². The number of nitrogens with zero attached hydrogens (tertiary/aromatic N) is 1. The third kappa shape index (κ3) is 4.04. The van der Waals surface area contributed by atoms with Gasteiger partial charge in [-0.3, -0.25) is 9.78 Å². The Morgan fingerprint density at radius 3 is 2.67 bits per heavy atom. The number of halogens is 2. The van der Waals surface area contributed by atoms with Crippen LogP contribution in [-0.4, -0.2) is 18.0 Å². The minimum atomic E-state index is -0.164. The second-order valence-corrected chi connectivity index (χ2v) is 6.25. The van der Waals surface area contributed by atoms with Crippen molar-refractivity contribution in [2.24, 2.45) is 0 Å². The van der Waals surface area contributed by atoms with E-state index in [1.807, 2.05) is 25.1 Å². The molecule has 0 unspecified atom stereocenters. The molecule has 0 fully saturated rings. The Balaban J connectivity index is 2.12. The summed E-state index contributed by atoms with van der Waals surface area (Å²) in [6, 6.07) is 7.33. The predicted octanol–water partition coefficient (Wildman–Crippen LogP) is 4.11. The van der Waals surface area contributed by atoms with E-state index in [9.17, 15) is 4.79 Å². The highest BCUT2D eigenvalue weighted by molar-refractivity contribution is 9.10. The summed E-state index contributed by atoms with van der Waals surface area (Å²) >= 11 is 6.75. The minimum Gasteiger partial charge on any atom is -0.496 e. The lowest BCUT2D eigenvalue weighted by molar-refractivity contribution is 0.0939. The number of hydrogen-bond donors (Lipinski definition) is 1. The molecule has 0 aliphatic carbocycles. The van der Waals surface area contributed by atoms with Crippen molar-refractivity contribution in [1.29, 1.82) is 0 Å². The van der Waals surface area contributed by atoms with Gasteiger partial charge in [0.15, 0.2) is 0 Å².